The lowest BCUT2D eigenvalue weighted by molar-refractivity contribution is -0.115. The number of nitrogens with one attached hydrogen (secondary N) is 1. The van der Waals surface area contributed by atoms with Crippen LogP contribution in [0.1, 0.15) is 36.1 Å². The highest BCUT2D eigenvalue weighted by Crippen LogP contribution is 2.27. The number of hydrogen-bond donors (Lipinski definition) is 2. The Morgan fingerprint density at radius 3 is 2.64 bits per heavy atom. The molecule has 0 spiro atoms. The van der Waals surface area contributed by atoms with Crippen molar-refractivity contribution in [3.63, 3.8) is 0 Å². The summed E-state index contributed by atoms with van der Waals surface area (Å²) in [6, 6.07) is 11.7. The number of anilines is 1. The van der Waals surface area contributed by atoms with Crippen molar-refractivity contribution in [2.24, 2.45) is 0 Å². The van der Waals surface area contributed by atoms with E-state index in [1.807, 2.05) is 0 Å². The number of benzene rings is 2. The van der Waals surface area contributed by atoms with Gasteiger partial charge in [-0.2, -0.15) is 0 Å². The maximum absolute atomic E-state index is 13.1. The van der Waals surface area contributed by atoms with Crippen molar-refractivity contribution in [3.8, 4) is 5.75 Å². The molecule has 3 rings (SSSR count). The lowest BCUT2D eigenvalue weighted by Gasteiger charge is -2.16. The van der Waals surface area contributed by atoms with E-state index in [1.54, 1.807) is 36.6 Å². The van der Waals surface area contributed by atoms with Crippen LogP contribution in [0, 0.1) is 5.82 Å². The Hall–Kier alpha value is -3.66. The number of carbonyl (C=O) groups is 2. The molecule has 2 unspecified atom stereocenters. The zero-order chi connectivity index (χ0) is 24.0. The largest absolute Gasteiger partial charge is 0.483 e. The summed E-state index contributed by atoms with van der Waals surface area (Å²) in [5, 5.41) is 20.2. The van der Waals surface area contributed by atoms with E-state index in [1.165, 1.54) is 48.2 Å². The molecular weight excluding hydrogens is 447 g/mol. The number of aromatic nitrogens is 3. The Kier molecular flexibility index (Phi) is 7.83. The summed E-state index contributed by atoms with van der Waals surface area (Å²) in [4.78, 5) is 23.8. The molecular formula is C23H23FN4O4S. The summed E-state index contributed by atoms with van der Waals surface area (Å²) in [5.74, 6) is -0.722. The minimum Gasteiger partial charge on any atom is -0.483 e. The smallest absolute Gasteiger partial charge is 0.335 e. The van der Waals surface area contributed by atoms with E-state index in [0.717, 1.165) is 0 Å². The van der Waals surface area contributed by atoms with Crippen LogP contribution in [-0.4, -0.2) is 37.0 Å². The molecule has 2 atom stereocenters. The highest BCUT2D eigenvalue weighted by molar-refractivity contribution is 8.00. The molecule has 0 fully saturated rings. The van der Waals surface area contributed by atoms with Crippen LogP contribution in [-0.2, 0) is 11.3 Å². The molecule has 0 saturated heterocycles. The third-order valence-electron chi connectivity index (χ3n) is 4.58. The van der Waals surface area contributed by atoms with E-state index in [9.17, 15) is 14.0 Å². The Labute approximate surface area is 194 Å². The van der Waals surface area contributed by atoms with Crippen molar-refractivity contribution in [3.05, 3.63) is 78.4 Å². The van der Waals surface area contributed by atoms with Gasteiger partial charge in [-0.15, -0.1) is 16.8 Å². The van der Waals surface area contributed by atoms with E-state index >= 15 is 0 Å². The molecule has 1 heterocycles. The second-order valence-electron chi connectivity index (χ2n) is 7.09. The number of aromatic carboxylic acids is 1. The Morgan fingerprint density at radius 2 is 1.97 bits per heavy atom. The zero-order valence-electron chi connectivity index (χ0n) is 18.1. The summed E-state index contributed by atoms with van der Waals surface area (Å²) in [6.07, 6.45) is 1.20. The number of carboxylic acids is 1. The van der Waals surface area contributed by atoms with Gasteiger partial charge in [-0.1, -0.05) is 23.9 Å². The second-order valence-corrected chi connectivity index (χ2v) is 8.40. The fourth-order valence-corrected chi connectivity index (χ4v) is 3.81. The maximum Gasteiger partial charge on any atom is 0.335 e. The third kappa shape index (κ3) is 6.19. The summed E-state index contributed by atoms with van der Waals surface area (Å²) in [5.41, 5.74) is 0.473. The first-order chi connectivity index (χ1) is 15.8. The van der Waals surface area contributed by atoms with Gasteiger partial charge in [-0.05, 0) is 56.3 Å². The molecule has 0 saturated carbocycles. The number of rotatable bonds is 10. The van der Waals surface area contributed by atoms with Gasteiger partial charge >= 0.3 is 5.97 Å². The summed E-state index contributed by atoms with van der Waals surface area (Å²) < 4.78 is 20.8. The summed E-state index contributed by atoms with van der Waals surface area (Å²) in [6.45, 7) is 7.68. The van der Waals surface area contributed by atoms with Gasteiger partial charge in [0.25, 0.3) is 0 Å². The Bertz CT molecular complexity index is 1150. The number of carboxylic acid groups (broad SMARTS) is 1. The quantitative estimate of drug-likeness (QED) is 0.330. The third-order valence-corrected chi connectivity index (χ3v) is 5.66. The summed E-state index contributed by atoms with van der Waals surface area (Å²) >= 11 is 1.20. The Morgan fingerprint density at radius 1 is 1.24 bits per heavy atom. The van der Waals surface area contributed by atoms with Crippen LogP contribution in [0.5, 0.6) is 5.75 Å². The van der Waals surface area contributed by atoms with Crippen LogP contribution in [0.2, 0.25) is 0 Å². The van der Waals surface area contributed by atoms with Crippen LogP contribution in [0.3, 0.4) is 0 Å². The number of halogens is 1. The minimum atomic E-state index is -1.07. The van der Waals surface area contributed by atoms with E-state index in [4.69, 9.17) is 9.84 Å². The number of ether oxygens (including phenoxy) is 1. The topological polar surface area (TPSA) is 106 Å². The van der Waals surface area contributed by atoms with Gasteiger partial charge in [-0.25, -0.2) is 9.18 Å². The van der Waals surface area contributed by atoms with Crippen molar-refractivity contribution in [2.75, 3.05) is 5.32 Å². The predicted octanol–water partition coefficient (Wildman–Crippen LogP) is 4.56. The van der Waals surface area contributed by atoms with Gasteiger partial charge in [0.2, 0.25) is 5.91 Å². The fraction of sp³-hybridized carbons (Fsp3) is 0.217. The van der Waals surface area contributed by atoms with E-state index in [2.05, 4.69) is 22.1 Å². The summed E-state index contributed by atoms with van der Waals surface area (Å²) in [7, 11) is 0. The Balaban J connectivity index is 1.72. The molecule has 0 radical (unpaired) electrons. The molecule has 0 bridgehead atoms. The second kappa shape index (κ2) is 10.8. The monoisotopic (exact) mass is 470 g/mol. The molecule has 0 aliphatic rings. The molecule has 0 aliphatic heterocycles. The van der Waals surface area contributed by atoms with Gasteiger partial charge in [0, 0.05) is 12.2 Å². The molecule has 10 heteroatoms. The van der Waals surface area contributed by atoms with E-state index in [0.29, 0.717) is 29.0 Å². The molecule has 1 amide bonds. The number of carbonyl (C=O) groups excluding carboxylic acids is 1. The zero-order valence-corrected chi connectivity index (χ0v) is 18.9. The first-order valence-electron chi connectivity index (χ1n) is 10.1. The van der Waals surface area contributed by atoms with Crippen molar-refractivity contribution in [1.29, 1.82) is 0 Å². The van der Waals surface area contributed by atoms with Crippen molar-refractivity contribution in [1.82, 2.24) is 14.8 Å². The molecule has 0 aliphatic carbocycles. The van der Waals surface area contributed by atoms with Gasteiger partial charge in [0.15, 0.2) is 17.1 Å². The number of hydrogen-bond acceptors (Lipinski definition) is 6. The van der Waals surface area contributed by atoms with Crippen molar-refractivity contribution >= 4 is 29.3 Å². The van der Waals surface area contributed by atoms with E-state index < -0.39 is 17.3 Å². The number of allylic oxidation sites excluding steroid dienone is 1. The number of thioether (sulfide) groups is 1. The number of nitrogens with zero attached hydrogens (tertiary/aromatic N) is 3. The van der Waals surface area contributed by atoms with Crippen molar-refractivity contribution < 1.29 is 23.8 Å². The molecule has 33 heavy (non-hydrogen) atoms. The first kappa shape index (κ1) is 24.0. The number of amides is 1. The van der Waals surface area contributed by atoms with Gasteiger partial charge in [0.1, 0.15) is 11.6 Å². The molecule has 3 aromatic rings. The van der Waals surface area contributed by atoms with Crippen LogP contribution in [0.15, 0.2) is 66.3 Å². The first-order valence-corrected chi connectivity index (χ1v) is 10.9. The van der Waals surface area contributed by atoms with Gasteiger partial charge < -0.3 is 15.2 Å². The lowest BCUT2D eigenvalue weighted by atomic mass is 10.2. The normalized spacial score (nSPS) is 12.6. The average Bonchev–Trinajstić information content (AvgIpc) is 3.18. The molecule has 1 aromatic heterocycles. The van der Waals surface area contributed by atoms with Crippen LogP contribution in [0.25, 0.3) is 0 Å². The van der Waals surface area contributed by atoms with Crippen molar-refractivity contribution in [2.45, 2.75) is 36.9 Å². The highest BCUT2D eigenvalue weighted by atomic mass is 32.2. The van der Waals surface area contributed by atoms with Gasteiger partial charge in [-0.3, -0.25) is 9.36 Å². The average molecular weight is 471 g/mol. The molecule has 2 aromatic carbocycles. The van der Waals surface area contributed by atoms with Crippen LogP contribution in [0.4, 0.5) is 10.1 Å². The predicted molar refractivity (Wildman–Crippen MR) is 123 cm³/mol. The van der Waals surface area contributed by atoms with Crippen LogP contribution >= 0.6 is 11.8 Å². The van der Waals surface area contributed by atoms with Gasteiger partial charge in [0.05, 0.1) is 10.8 Å². The SMILES string of the molecule is C=CCn1c(SC(C)C(=O)Nc2cccc(C(=O)O)c2)nnc1C(C)Oc1ccc(F)cc1. The van der Waals surface area contributed by atoms with E-state index in [-0.39, 0.29) is 17.3 Å². The lowest BCUT2D eigenvalue weighted by Crippen LogP contribution is -2.23. The standard InChI is InChI=1S/C23H23FN4O4S/c1-4-12-28-20(14(2)32-19-10-8-17(24)9-11-19)26-27-23(28)33-15(3)21(29)25-18-7-5-6-16(13-18)22(30)31/h4-11,13-15H,1,12H2,2-3H3,(H,25,29)(H,30,31). The maximum atomic E-state index is 13.1. The van der Waals surface area contributed by atoms with Crippen LogP contribution < -0.4 is 10.1 Å². The molecule has 8 nitrogen and oxygen atoms in total. The molecule has 172 valence electrons. The molecule has 2 N–H and O–H groups in total. The minimum absolute atomic E-state index is 0.0821. The fourth-order valence-electron chi connectivity index (χ4n) is 2.94. The highest BCUT2D eigenvalue weighted by Gasteiger charge is 2.23.